The van der Waals surface area contributed by atoms with Crippen LogP contribution >= 0.6 is 11.6 Å². The minimum atomic E-state index is -4.53. The van der Waals surface area contributed by atoms with Gasteiger partial charge < -0.3 is 16.0 Å². The predicted molar refractivity (Wildman–Crippen MR) is 125 cm³/mol. The molecule has 0 radical (unpaired) electrons. The standard InChI is InChI=1S/C24H21ClF3N3O3/c1-23(2,3)21(11-5-4-6-12(9-11)24(26,27)28)31-18-17(19(32)20(18)33)30-15-8-7-14(25)13-10-29-22(34)16(13)15/h4-9,21,30-31H,10H2,1-3H3,(H,29,34)/t21-/m0/s1. The lowest BCUT2D eigenvalue weighted by molar-refractivity contribution is -0.137. The largest absolute Gasteiger partial charge is 0.416 e. The van der Waals surface area contributed by atoms with E-state index in [0.29, 0.717) is 21.8 Å². The molecule has 3 aromatic rings. The van der Waals surface area contributed by atoms with Crippen LogP contribution in [0.4, 0.5) is 30.2 Å². The van der Waals surface area contributed by atoms with Crippen molar-refractivity contribution in [3.8, 4) is 0 Å². The number of hydrogen-bond acceptors (Lipinski definition) is 5. The SMILES string of the molecule is CC(C)(C)[C@@H](Nc1c(Nc2ccc(Cl)c3c2C(=O)NC3)c(=O)c1=O)c1cccc(C(F)(F)F)c1. The summed E-state index contributed by atoms with van der Waals surface area (Å²) < 4.78 is 39.8. The van der Waals surface area contributed by atoms with Crippen LogP contribution in [0.25, 0.3) is 0 Å². The summed E-state index contributed by atoms with van der Waals surface area (Å²) >= 11 is 6.16. The molecule has 0 unspecified atom stereocenters. The van der Waals surface area contributed by atoms with E-state index in [-0.39, 0.29) is 29.4 Å². The second-order valence-electron chi connectivity index (χ2n) is 9.23. The molecule has 3 N–H and O–H groups in total. The number of rotatable bonds is 5. The van der Waals surface area contributed by atoms with Crippen molar-refractivity contribution in [3.63, 3.8) is 0 Å². The minimum Gasteiger partial charge on any atom is -0.373 e. The Morgan fingerprint density at radius 3 is 2.32 bits per heavy atom. The van der Waals surface area contributed by atoms with Crippen molar-refractivity contribution in [1.29, 1.82) is 0 Å². The fourth-order valence-electron chi connectivity index (χ4n) is 4.04. The summed E-state index contributed by atoms with van der Waals surface area (Å²) in [6.07, 6.45) is -4.53. The van der Waals surface area contributed by atoms with E-state index in [1.165, 1.54) is 18.2 Å². The Hall–Kier alpha value is -3.33. The summed E-state index contributed by atoms with van der Waals surface area (Å²) in [6, 6.07) is 7.21. The molecular weight excluding hydrogens is 471 g/mol. The zero-order valence-corrected chi connectivity index (χ0v) is 19.2. The molecule has 0 aliphatic carbocycles. The number of anilines is 3. The number of alkyl halides is 3. The number of benzene rings is 2. The molecule has 0 bridgehead atoms. The summed E-state index contributed by atoms with van der Waals surface area (Å²) in [6.45, 7) is 5.65. The molecule has 4 rings (SSSR count). The van der Waals surface area contributed by atoms with Crippen LogP contribution in [0.2, 0.25) is 5.02 Å². The number of carbonyl (C=O) groups is 1. The van der Waals surface area contributed by atoms with E-state index in [0.717, 1.165) is 12.1 Å². The number of amides is 1. The summed E-state index contributed by atoms with van der Waals surface area (Å²) in [5, 5.41) is 8.89. The third-order valence-corrected chi connectivity index (χ3v) is 6.13. The fraction of sp³-hybridized carbons (Fsp3) is 0.292. The van der Waals surface area contributed by atoms with Gasteiger partial charge in [0, 0.05) is 17.1 Å². The highest BCUT2D eigenvalue weighted by molar-refractivity contribution is 6.32. The van der Waals surface area contributed by atoms with Crippen molar-refractivity contribution in [2.24, 2.45) is 5.41 Å². The first-order valence-electron chi connectivity index (χ1n) is 10.4. The summed E-state index contributed by atoms with van der Waals surface area (Å²) in [5.74, 6) is -0.371. The van der Waals surface area contributed by atoms with Crippen LogP contribution in [0.3, 0.4) is 0 Å². The molecule has 0 saturated carbocycles. The molecule has 1 aliphatic rings. The highest BCUT2D eigenvalue weighted by Gasteiger charge is 2.35. The minimum absolute atomic E-state index is 0.0514. The van der Waals surface area contributed by atoms with Gasteiger partial charge in [-0.1, -0.05) is 44.5 Å². The molecule has 6 nitrogen and oxygen atoms in total. The molecule has 1 atom stereocenters. The number of fused-ring (bicyclic) bond motifs is 1. The van der Waals surface area contributed by atoms with E-state index in [4.69, 9.17) is 11.6 Å². The highest BCUT2D eigenvalue weighted by atomic mass is 35.5. The normalized spacial score (nSPS) is 14.6. The van der Waals surface area contributed by atoms with Gasteiger partial charge in [0.15, 0.2) is 0 Å². The zero-order chi connectivity index (χ0) is 25.0. The summed E-state index contributed by atoms with van der Waals surface area (Å²) in [5.41, 5.74) is -1.67. The van der Waals surface area contributed by atoms with E-state index in [9.17, 15) is 27.6 Å². The van der Waals surface area contributed by atoms with Crippen LogP contribution in [0.1, 0.15) is 53.9 Å². The molecule has 10 heteroatoms. The second kappa shape index (κ2) is 8.16. The van der Waals surface area contributed by atoms with Gasteiger partial charge in [-0.25, -0.2) is 0 Å². The number of hydrogen-bond donors (Lipinski definition) is 3. The van der Waals surface area contributed by atoms with Gasteiger partial charge in [-0.3, -0.25) is 14.4 Å². The van der Waals surface area contributed by atoms with Crippen molar-refractivity contribution in [2.75, 3.05) is 10.6 Å². The molecule has 1 amide bonds. The smallest absolute Gasteiger partial charge is 0.373 e. The Balaban J connectivity index is 1.72. The molecule has 3 aromatic carbocycles. The Kier molecular flexibility index (Phi) is 5.72. The lowest BCUT2D eigenvalue weighted by atomic mass is 9.81. The van der Waals surface area contributed by atoms with Gasteiger partial charge in [-0.2, -0.15) is 13.2 Å². The zero-order valence-electron chi connectivity index (χ0n) is 18.5. The number of carbonyl (C=O) groups excluding carboxylic acids is 1. The maximum atomic E-state index is 13.3. The predicted octanol–water partition coefficient (Wildman–Crippen LogP) is 5.14. The molecule has 1 aliphatic heterocycles. The van der Waals surface area contributed by atoms with Gasteiger partial charge in [0.1, 0.15) is 11.4 Å². The van der Waals surface area contributed by atoms with Crippen molar-refractivity contribution in [3.05, 3.63) is 84.1 Å². The van der Waals surface area contributed by atoms with Crippen molar-refractivity contribution in [1.82, 2.24) is 5.32 Å². The van der Waals surface area contributed by atoms with E-state index in [1.54, 1.807) is 26.8 Å². The highest BCUT2D eigenvalue weighted by Crippen LogP contribution is 2.40. The maximum Gasteiger partial charge on any atom is 0.416 e. The maximum absolute atomic E-state index is 13.3. The molecular formula is C24H21ClF3N3O3. The monoisotopic (exact) mass is 491 g/mol. The lowest BCUT2D eigenvalue weighted by Gasteiger charge is -2.34. The van der Waals surface area contributed by atoms with Gasteiger partial charge in [0.2, 0.25) is 0 Å². The quantitative estimate of drug-likeness (QED) is 0.430. The van der Waals surface area contributed by atoms with Crippen LogP contribution < -0.4 is 26.8 Å². The second-order valence-corrected chi connectivity index (χ2v) is 9.64. The Bertz CT molecular complexity index is 1370. The molecule has 0 saturated heterocycles. The summed E-state index contributed by atoms with van der Waals surface area (Å²) in [7, 11) is 0. The first kappa shape index (κ1) is 23.8. The first-order valence-corrected chi connectivity index (χ1v) is 10.8. The fourth-order valence-corrected chi connectivity index (χ4v) is 4.26. The van der Waals surface area contributed by atoms with Crippen LogP contribution in [-0.4, -0.2) is 5.91 Å². The van der Waals surface area contributed by atoms with E-state index < -0.39 is 34.1 Å². The average molecular weight is 492 g/mol. The van der Waals surface area contributed by atoms with Gasteiger partial charge >= 0.3 is 6.18 Å². The molecule has 1 heterocycles. The number of halogens is 4. The third-order valence-electron chi connectivity index (χ3n) is 5.78. The van der Waals surface area contributed by atoms with Gasteiger partial charge in [-0.05, 0) is 35.2 Å². The average Bonchev–Trinajstić information content (AvgIpc) is 3.15. The Morgan fingerprint density at radius 2 is 1.68 bits per heavy atom. The molecule has 178 valence electrons. The van der Waals surface area contributed by atoms with E-state index in [1.807, 2.05) is 0 Å². The molecule has 0 fully saturated rings. The summed E-state index contributed by atoms with van der Waals surface area (Å²) in [4.78, 5) is 37.1. The third kappa shape index (κ3) is 4.16. The lowest BCUT2D eigenvalue weighted by Crippen LogP contribution is -2.39. The van der Waals surface area contributed by atoms with E-state index in [2.05, 4.69) is 16.0 Å². The van der Waals surface area contributed by atoms with Crippen LogP contribution in [0, 0.1) is 5.41 Å². The first-order chi connectivity index (χ1) is 15.8. The van der Waals surface area contributed by atoms with Gasteiger partial charge in [0.25, 0.3) is 16.8 Å². The van der Waals surface area contributed by atoms with Gasteiger partial charge in [0.05, 0.1) is 22.9 Å². The van der Waals surface area contributed by atoms with Gasteiger partial charge in [-0.15, -0.1) is 0 Å². The van der Waals surface area contributed by atoms with Crippen LogP contribution in [-0.2, 0) is 12.7 Å². The van der Waals surface area contributed by atoms with Crippen LogP contribution in [0.5, 0.6) is 0 Å². The Labute approximate surface area is 197 Å². The molecule has 0 spiro atoms. The van der Waals surface area contributed by atoms with Crippen molar-refractivity contribution >= 4 is 34.6 Å². The molecule has 0 aromatic heterocycles. The van der Waals surface area contributed by atoms with Crippen molar-refractivity contribution < 1.29 is 18.0 Å². The van der Waals surface area contributed by atoms with Crippen molar-refractivity contribution in [2.45, 2.75) is 39.5 Å². The topological polar surface area (TPSA) is 87.3 Å². The van der Waals surface area contributed by atoms with Crippen LogP contribution in [0.15, 0.2) is 46.0 Å². The number of nitrogens with one attached hydrogen (secondary N) is 3. The Morgan fingerprint density at radius 1 is 1.00 bits per heavy atom. The van der Waals surface area contributed by atoms with E-state index >= 15 is 0 Å². The molecule has 34 heavy (non-hydrogen) atoms.